The van der Waals surface area contributed by atoms with E-state index in [-0.39, 0.29) is 0 Å². The van der Waals surface area contributed by atoms with Crippen molar-refractivity contribution in [3.8, 4) is 0 Å². The van der Waals surface area contributed by atoms with Crippen LogP contribution in [0.15, 0.2) is 0 Å². The summed E-state index contributed by atoms with van der Waals surface area (Å²) in [6.07, 6.45) is 5.24. The molecule has 0 saturated heterocycles. The molecule has 1 saturated carbocycles. The Kier molecular flexibility index (Phi) is 4.93. The highest BCUT2D eigenvalue weighted by Gasteiger charge is 2.24. The van der Waals surface area contributed by atoms with Crippen molar-refractivity contribution in [3.05, 3.63) is 16.4 Å². The van der Waals surface area contributed by atoms with Crippen LogP contribution in [0, 0.1) is 6.92 Å². The van der Waals surface area contributed by atoms with Gasteiger partial charge in [0, 0.05) is 37.6 Å². The van der Waals surface area contributed by atoms with Gasteiger partial charge < -0.3 is 0 Å². The normalized spacial score (nSPS) is 16.9. The first-order chi connectivity index (χ1) is 8.63. The van der Waals surface area contributed by atoms with Crippen molar-refractivity contribution in [2.24, 2.45) is 7.05 Å². The minimum Gasteiger partial charge on any atom is -0.295 e. The van der Waals surface area contributed by atoms with Crippen LogP contribution in [0.4, 0.5) is 0 Å². The van der Waals surface area contributed by atoms with Crippen LogP contribution < -0.4 is 0 Å². The molecule has 2 rings (SSSR count). The van der Waals surface area contributed by atoms with Crippen LogP contribution in [0.25, 0.3) is 0 Å². The third kappa shape index (κ3) is 3.01. The molecule has 0 radical (unpaired) electrons. The minimum absolute atomic E-state index is 0.666. The maximum atomic E-state index is 6.31. The van der Waals surface area contributed by atoms with Crippen molar-refractivity contribution in [2.75, 3.05) is 12.4 Å². The maximum absolute atomic E-state index is 6.31. The predicted molar refractivity (Wildman–Crippen MR) is 76.3 cm³/mol. The zero-order valence-electron chi connectivity index (χ0n) is 11.1. The molecular weight excluding hydrogens is 269 g/mol. The molecule has 0 atom stereocenters. The Morgan fingerprint density at radius 1 is 1.39 bits per heavy atom. The molecule has 102 valence electrons. The summed E-state index contributed by atoms with van der Waals surface area (Å²) in [5, 5.41) is 5.13. The summed E-state index contributed by atoms with van der Waals surface area (Å²) in [6.45, 7) is 3.82. The van der Waals surface area contributed by atoms with Crippen LogP contribution >= 0.6 is 23.2 Å². The van der Waals surface area contributed by atoms with Crippen LogP contribution in [0.5, 0.6) is 0 Å². The van der Waals surface area contributed by atoms with Crippen LogP contribution in [0.3, 0.4) is 0 Å². The molecular formula is C13H21Cl2N3. The SMILES string of the molecule is Cc1nn(C)c(Cl)c1CN(CCCl)C1CCCC1. The van der Waals surface area contributed by atoms with Gasteiger partial charge in [-0.1, -0.05) is 24.4 Å². The Morgan fingerprint density at radius 3 is 2.56 bits per heavy atom. The van der Waals surface area contributed by atoms with E-state index in [1.807, 2.05) is 14.0 Å². The van der Waals surface area contributed by atoms with Crippen molar-refractivity contribution in [3.63, 3.8) is 0 Å². The molecule has 0 amide bonds. The standard InChI is InChI=1S/C13H21Cl2N3/c1-10-12(13(15)17(2)16-10)9-18(8-7-14)11-5-3-4-6-11/h11H,3-9H2,1-2H3. The summed E-state index contributed by atoms with van der Waals surface area (Å²) in [4.78, 5) is 2.47. The summed E-state index contributed by atoms with van der Waals surface area (Å²) in [6, 6.07) is 0.666. The van der Waals surface area contributed by atoms with Crippen LogP contribution in [0.1, 0.15) is 36.9 Å². The molecule has 0 aliphatic heterocycles. The van der Waals surface area contributed by atoms with Crippen molar-refractivity contribution >= 4 is 23.2 Å². The monoisotopic (exact) mass is 289 g/mol. The van der Waals surface area contributed by atoms with E-state index >= 15 is 0 Å². The molecule has 0 bridgehead atoms. The highest BCUT2D eigenvalue weighted by Crippen LogP contribution is 2.27. The molecule has 1 aliphatic carbocycles. The van der Waals surface area contributed by atoms with Crippen LogP contribution in [-0.2, 0) is 13.6 Å². The van der Waals surface area contributed by atoms with Crippen molar-refractivity contribution in [1.82, 2.24) is 14.7 Å². The first-order valence-corrected chi connectivity index (χ1v) is 7.52. The maximum Gasteiger partial charge on any atom is 0.131 e. The van der Waals surface area contributed by atoms with E-state index in [2.05, 4.69) is 10.00 Å². The van der Waals surface area contributed by atoms with Gasteiger partial charge in [-0.05, 0) is 19.8 Å². The van der Waals surface area contributed by atoms with Crippen molar-refractivity contribution < 1.29 is 0 Å². The van der Waals surface area contributed by atoms with Gasteiger partial charge >= 0.3 is 0 Å². The largest absolute Gasteiger partial charge is 0.295 e. The van der Waals surface area contributed by atoms with Gasteiger partial charge in [-0.25, -0.2) is 0 Å². The Balaban J connectivity index is 2.12. The summed E-state index contributed by atoms with van der Waals surface area (Å²) in [5.74, 6) is 0.674. The van der Waals surface area contributed by atoms with Gasteiger partial charge in [0.25, 0.3) is 0 Å². The van der Waals surface area contributed by atoms with Gasteiger partial charge in [0.15, 0.2) is 0 Å². The molecule has 1 aromatic rings. The number of alkyl halides is 1. The molecule has 0 N–H and O–H groups in total. The van der Waals surface area contributed by atoms with E-state index in [0.717, 1.165) is 29.5 Å². The molecule has 3 nitrogen and oxygen atoms in total. The van der Waals surface area contributed by atoms with Crippen molar-refractivity contribution in [2.45, 2.75) is 45.2 Å². The molecule has 1 aromatic heterocycles. The van der Waals surface area contributed by atoms with E-state index in [9.17, 15) is 0 Å². The first-order valence-electron chi connectivity index (χ1n) is 6.61. The van der Waals surface area contributed by atoms with E-state index in [4.69, 9.17) is 23.2 Å². The lowest BCUT2D eigenvalue weighted by Crippen LogP contribution is -2.34. The second-order valence-electron chi connectivity index (χ2n) is 5.08. The Morgan fingerprint density at radius 2 is 2.06 bits per heavy atom. The van der Waals surface area contributed by atoms with Gasteiger partial charge in [-0.3, -0.25) is 9.58 Å². The average Bonchev–Trinajstić information content (AvgIpc) is 2.93. The Hall–Kier alpha value is -0.250. The fourth-order valence-corrected chi connectivity index (χ4v) is 3.28. The third-order valence-corrected chi connectivity index (χ3v) is 4.49. The summed E-state index contributed by atoms with van der Waals surface area (Å²) in [5.41, 5.74) is 2.18. The van der Waals surface area contributed by atoms with E-state index < -0.39 is 0 Å². The number of nitrogens with zero attached hydrogens (tertiary/aromatic N) is 3. The molecule has 5 heteroatoms. The quantitative estimate of drug-likeness (QED) is 0.775. The van der Waals surface area contributed by atoms with Crippen LogP contribution in [0.2, 0.25) is 5.15 Å². The lowest BCUT2D eigenvalue weighted by molar-refractivity contribution is 0.201. The van der Waals surface area contributed by atoms with Gasteiger partial charge in [0.2, 0.25) is 0 Å². The summed E-state index contributed by atoms with van der Waals surface area (Å²) in [7, 11) is 1.89. The van der Waals surface area contributed by atoms with Gasteiger partial charge in [-0.2, -0.15) is 5.10 Å². The molecule has 0 spiro atoms. The van der Waals surface area contributed by atoms with Gasteiger partial charge in [0.05, 0.1) is 5.69 Å². The van der Waals surface area contributed by atoms with E-state index in [1.54, 1.807) is 4.68 Å². The highest BCUT2D eigenvalue weighted by atomic mass is 35.5. The van der Waals surface area contributed by atoms with E-state index in [0.29, 0.717) is 11.9 Å². The second kappa shape index (κ2) is 6.27. The van der Waals surface area contributed by atoms with E-state index in [1.165, 1.54) is 25.7 Å². The lowest BCUT2D eigenvalue weighted by Gasteiger charge is -2.28. The van der Waals surface area contributed by atoms with Crippen LogP contribution in [-0.4, -0.2) is 33.1 Å². The predicted octanol–water partition coefficient (Wildman–Crippen LogP) is 3.37. The summed E-state index contributed by atoms with van der Waals surface area (Å²) < 4.78 is 1.75. The third-order valence-electron chi connectivity index (χ3n) is 3.84. The molecule has 1 aliphatic rings. The zero-order valence-corrected chi connectivity index (χ0v) is 12.6. The topological polar surface area (TPSA) is 21.1 Å². The molecule has 1 fully saturated rings. The number of aromatic nitrogens is 2. The van der Waals surface area contributed by atoms with Gasteiger partial charge in [0.1, 0.15) is 5.15 Å². The number of hydrogen-bond acceptors (Lipinski definition) is 2. The smallest absolute Gasteiger partial charge is 0.131 e. The number of halogens is 2. The molecule has 18 heavy (non-hydrogen) atoms. The minimum atomic E-state index is 0.666. The van der Waals surface area contributed by atoms with Crippen molar-refractivity contribution in [1.29, 1.82) is 0 Å². The summed E-state index contributed by atoms with van der Waals surface area (Å²) >= 11 is 12.2. The fraction of sp³-hybridized carbons (Fsp3) is 0.769. The average molecular weight is 290 g/mol. The molecule has 1 heterocycles. The fourth-order valence-electron chi connectivity index (χ4n) is 2.83. The lowest BCUT2D eigenvalue weighted by atomic mass is 10.1. The molecule has 0 unspecified atom stereocenters. The number of rotatable bonds is 5. The Bertz CT molecular complexity index is 397. The number of aryl methyl sites for hydroxylation is 2. The number of hydrogen-bond donors (Lipinski definition) is 0. The first kappa shape index (κ1) is 14.2. The second-order valence-corrected chi connectivity index (χ2v) is 5.81. The Labute approximate surface area is 119 Å². The zero-order chi connectivity index (χ0) is 13.1. The van der Waals surface area contributed by atoms with Gasteiger partial charge in [-0.15, -0.1) is 11.6 Å². The highest BCUT2D eigenvalue weighted by molar-refractivity contribution is 6.30. The molecule has 0 aromatic carbocycles.